The van der Waals surface area contributed by atoms with Crippen molar-refractivity contribution in [2.45, 2.75) is 11.8 Å². The normalized spacial score (nSPS) is 11.3. The van der Waals surface area contributed by atoms with E-state index in [1.165, 1.54) is 0 Å². The van der Waals surface area contributed by atoms with Crippen LogP contribution in [-0.4, -0.2) is 41.3 Å². The Hall–Kier alpha value is -2.08. The lowest BCUT2D eigenvalue weighted by Crippen LogP contribution is -2.13. The highest BCUT2D eigenvalue weighted by molar-refractivity contribution is 9.10. The molecule has 0 spiro atoms. The van der Waals surface area contributed by atoms with Gasteiger partial charge >= 0.3 is 12.0 Å². The fourth-order valence-electron chi connectivity index (χ4n) is 1.31. The molecule has 0 aromatic carbocycles. The van der Waals surface area contributed by atoms with E-state index in [0.29, 0.717) is 6.61 Å². The standard InChI is InChI=1S/C9H9BrN4O6S/c1-2-19-9-11-8(12-13-9)14-21(17,18)5-3-4(7(15)16)20-6(5)10/h3H,2H2,1H3,(H,15,16)(H2,11,12,13,14). The van der Waals surface area contributed by atoms with Crippen LogP contribution in [0.15, 0.2) is 20.0 Å². The van der Waals surface area contributed by atoms with Crippen LogP contribution in [0.3, 0.4) is 0 Å². The van der Waals surface area contributed by atoms with Gasteiger partial charge < -0.3 is 14.3 Å². The third-order valence-electron chi connectivity index (χ3n) is 2.13. The Balaban J connectivity index is 2.27. The van der Waals surface area contributed by atoms with E-state index in [2.05, 4.69) is 35.8 Å². The Labute approximate surface area is 126 Å². The summed E-state index contributed by atoms with van der Waals surface area (Å²) < 4.78 is 35.8. The van der Waals surface area contributed by atoms with E-state index in [1.807, 2.05) is 0 Å². The molecule has 2 heterocycles. The lowest BCUT2D eigenvalue weighted by atomic mass is 10.5. The molecule has 10 nitrogen and oxygen atoms in total. The number of halogens is 1. The summed E-state index contributed by atoms with van der Waals surface area (Å²) in [6.07, 6.45) is 0. The molecule has 114 valence electrons. The molecule has 0 radical (unpaired) electrons. The summed E-state index contributed by atoms with van der Waals surface area (Å²) in [5.74, 6) is -2.09. The van der Waals surface area contributed by atoms with Crippen molar-refractivity contribution in [2.24, 2.45) is 0 Å². The number of hydrogen-bond acceptors (Lipinski definition) is 7. The molecule has 0 aliphatic rings. The van der Waals surface area contributed by atoms with Crippen molar-refractivity contribution in [3.63, 3.8) is 0 Å². The first-order chi connectivity index (χ1) is 9.83. The summed E-state index contributed by atoms with van der Waals surface area (Å²) in [5, 5.41) is 14.7. The Kier molecular flexibility index (Phi) is 4.18. The third-order valence-corrected chi connectivity index (χ3v) is 4.32. The average molecular weight is 381 g/mol. The molecule has 0 fully saturated rings. The summed E-state index contributed by atoms with van der Waals surface area (Å²) in [5.41, 5.74) is 0. The summed E-state index contributed by atoms with van der Waals surface area (Å²) >= 11 is 2.84. The second-order valence-corrected chi connectivity index (χ2v) is 5.93. The average Bonchev–Trinajstić information content (AvgIpc) is 2.96. The number of nitrogens with one attached hydrogen (secondary N) is 2. The third kappa shape index (κ3) is 3.33. The van der Waals surface area contributed by atoms with E-state index in [4.69, 9.17) is 14.3 Å². The molecule has 0 bridgehead atoms. The zero-order valence-corrected chi connectivity index (χ0v) is 12.9. The molecule has 0 aliphatic heterocycles. The number of carboxylic acids is 1. The van der Waals surface area contributed by atoms with Crippen molar-refractivity contribution >= 4 is 37.9 Å². The van der Waals surface area contributed by atoms with Gasteiger partial charge in [0.15, 0.2) is 4.67 Å². The maximum atomic E-state index is 12.1. The van der Waals surface area contributed by atoms with Crippen molar-refractivity contribution in [1.29, 1.82) is 0 Å². The Morgan fingerprint density at radius 2 is 2.33 bits per heavy atom. The van der Waals surface area contributed by atoms with Crippen molar-refractivity contribution in [3.05, 3.63) is 16.5 Å². The van der Waals surface area contributed by atoms with Gasteiger partial charge in [-0.25, -0.2) is 23.0 Å². The molecular formula is C9H9BrN4O6S. The van der Waals surface area contributed by atoms with Crippen LogP contribution in [0, 0.1) is 0 Å². The van der Waals surface area contributed by atoms with Crippen LogP contribution in [-0.2, 0) is 10.0 Å². The van der Waals surface area contributed by atoms with Gasteiger partial charge in [-0.3, -0.25) is 0 Å². The topological polar surface area (TPSA) is 147 Å². The van der Waals surface area contributed by atoms with Crippen LogP contribution in [0.2, 0.25) is 0 Å². The predicted octanol–water partition coefficient (Wildman–Crippen LogP) is 1.06. The first kappa shape index (κ1) is 15.3. The summed E-state index contributed by atoms with van der Waals surface area (Å²) in [6, 6.07) is 0.849. The smallest absolute Gasteiger partial charge is 0.371 e. The van der Waals surface area contributed by atoms with Crippen LogP contribution in [0.25, 0.3) is 0 Å². The van der Waals surface area contributed by atoms with Crippen LogP contribution >= 0.6 is 15.9 Å². The first-order valence-electron chi connectivity index (χ1n) is 5.44. The van der Waals surface area contributed by atoms with E-state index >= 15 is 0 Å². The van der Waals surface area contributed by atoms with E-state index in [1.54, 1.807) is 6.92 Å². The predicted molar refractivity (Wildman–Crippen MR) is 71.7 cm³/mol. The van der Waals surface area contributed by atoms with Gasteiger partial charge in [0.25, 0.3) is 10.0 Å². The molecule has 12 heteroatoms. The Morgan fingerprint density at radius 3 is 2.90 bits per heavy atom. The maximum Gasteiger partial charge on any atom is 0.371 e. The minimum absolute atomic E-state index is 0.0207. The van der Waals surface area contributed by atoms with Crippen molar-refractivity contribution in [3.8, 4) is 6.01 Å². The second-order valence-electron chi connectivity index (χ2n) is 3.56. The molecule has 0 saturated carbocycles. The number of nitrogens with zero attached hydrogens (tertiary/aromatic N) is 2. The number of aromatic nitrogens is 3. The van der Waals surface area contributed by atoms with Crippen molar-refractivity contribution in [1.82, 2.24) is 15.2 Å². The number of hydrogen-bond donors (Lipinski definition) is 3. The number of anilines is 1. The molecule has 2 aromatic heterocycles. The zero-order valence-electron chi connectivity index (χ0n) is 10.5. The van der Waals surface area contributed by atoms with Gasteiger partial charge in [-0.1, -0.05) is 0 Å². The number of furan rings is 1. The van der Waals surface area contributed by atoms with Crippen LogP contribution < -0.4 is 9.46 Å². The van der Waals surface area contributed by atoms with Gasteiger partial charge in [0, 0.05) is 6.07 Å². The van der Waals surface area contributed by atoms with E-state index in [-0.39, 0.29) is 21.5 Å². The minimum Gasteiger partial charge on any atom is -0.475 e. The van der Waals surface area contributed by atoms with Crippen LogP contribution in [0.1, 0.15) is 17.5 Å². The number of aromatic carboxylic acids is 1. The summed E-state index contributed by atoms with van der Waals surface area (Å²) in [4.78, 5) is 14.1. The highest BCUT2D eigenvalue weighted by Crippen LogP contribution is 2.27. The molecule has 2 rings (SSSR count). The van der Waals surface area contributed by atoms with Crippen molar-refractivity contribution < 1.29 is 27.5 Å². The molecular weight excluding hydrogens is 372 g/mol. The van der Waals surface area contributed by atoms with Gasteiger partial charge in [0.1, 0.15) is 4.90 Å². The van der Waals surface area contributed by atoms with Crippen LogP contribution in [0.4, 0.5) is 5.95 Å². The fourth-order valence-corrected chi connectivity index (χ4v) is 3.21. The number of carbonyl (C=O) groups is 1. The fraction of sp³-hybridized carbons (Fsp3) is 0.222. The zero-order chi connectivity index (χ0) is 15.6. The number of sulfonamides is 1. The van der Waals surface area contributed by atoms with Crippen molar-refractivity contribution in [2.75, 3.05) is 11.3 Å². The number of ether oxygens (including phenoxy) is 1. The van der Waals surface area contributed by atoms with Crippen LogP contribution in [0.5, 0.6) is 6.01 Å². The van der Waals surface area contributed by atoms with E-state index in [9.17, 15) is 13.2 Å². The molecule has 3 N–H and O–H groups in total. The molecule has 21 heavy (non-hydrogen) atoms. The minimum atomic E-state index is -4.10. The molecule has 0 aliphatic carbocycles. The second kappa shape index (κ2) is 5.73. The van der Waals surface area contributed by atoms with Gasteiger partial charge in [-0.2, -0.15) is 4.98 Å². The lowest BCUT2D eigenvalue weighted by Gasteiger charge is -2.01. The summed E-state index contributed by atoms with van der Waals surface area (Å²) in [7, 11) is -4.10. The molecule has 2 aromatic rings. The van der Waals surface area contributed by atoms with E-state index in [0.717, 1.165) is 6.07 Å². The maximum absolute atomic E-state index is 12.1. The molecule has 0 saturated heterocycles. The Bertz CT molecular complexity index is 767. The van der Waals surface area contributed by atoms with Gasteiger partial charge in [-0.15, -0.1) is 5.10 Å². The highest BCUT2D eigenvalue weighted by atomic mass is 79.9. The SMILES string of the molecule is CCOc1n[nH]c(NS(=O)(=O)c2cc(C(=O)O)oc2Br)n1. The summed E-state index contributed by atoms with van der Waals surface area (Å²) in [6.45, 7) is 2.04. The Morgan fingerprint density at radius 1 is 1.62 bits per heavy atom. The largest absolute Gasteiger partial charge is 0.475 e. The molecule has 0 atom stereocenters. The monoisotopic (exact) mass is 380 g/mol. The lowest BCUT2D eigenvalue weighted by molar-refractivity contribution is 0.0661. The highest BCUT2D eigenvalue weighted by Gasteiger charge is 2.26. The number of H-pyrrole nitrogens is 1. The van der Waals surface area contributed by atoms with Gasteiger partial charge in [0.05, 0.1) is 6.61 Å². The number of carboxylic acid groups (broad SMARTS) is 1. The van der Waals surface area contributed by atoms with Gasteiger partial charge in [0.2, 0.25) is 11.7 Å². The van der Waals surface area contributed by atoms with Gasteiger partial charge in [-0.05, 0) is 22.9 Å². The van der Waals surface area contributed by atoms with E-state index < -0.39 is 21.8 Å². The number of aromatic amines is 1. The number of rotatable bonds is 6. The molecule has 0 unspecified atom stereocenters. The quantitative estimate of drug-likeness (QED) is 0.673. The molecule has 0 amide bonds. The first-order valence-corrected chi connectivity index (χ1v) is 7.71.